The van der Waals surface area contributed by atoms with Crippen LogP contribution in [0, 0.1) is 5.92 Å². The molecule has 1 fully saturated rings. The standard InChI is InChI=1S/C14H19NO3/c1-17-14(16)10-11-2-4-12(5-3-11)18-13-6-8-15-9-7-13/h6-9,11-12H,2-5,10H2,1H3/t11-,12-. The molecular weight excluding hydrogens is 230 g/mol. The van der Waals surface area contributed by atoms with Gasteiger partial charge in [-0.1, -0.05) is 0 Å². The largest absolute Gasteiger partial charge is 0.490 e. The third kappa shape index (κ3) is 3.72. The van der Waals surface area contributed by atoms with Gasteiger partial charge in [-0.05, 0) is 43.7 Å². The van der Waals surface area contributed by atoms with E-state index in [1.165, 1.54) is 7.11 Å². The van der Waals surface area contributed by atoms with E-state index in [0.29, 0.717) is 12.3 Å². The first-order chi connectivity index (χ1) is 8.78. The molecule has 1 heterocycles. The van der Waals surface area contributed by atoms with E-state index in [9.17, 15) is 4.79 Å². The van der Waals surface area contributed by atoms with Crippen molar-refractivity contribution in [2.24, 2.45) is 5.92 Å². The smallest absolute Gasteiger partial charge is 0.305 e. The van der Waals surface area contributed by atoms with Crippen molar-refractivity contribution in [2.45, 2.75) is 38.2 Å². The molecule has 0 aliphatic heterocycles. The molecule has 0 N–H and O–H groups in total. The molecule has 4 heteroatoms. The second-order valence-corrected chi connectivity index (χ2v) is 4.72. The third-order valence-corrected chi connectivity index (χ3v) is 3.43. The monoisotopic (exact) mass is 249 g/mol. The highest BCUT2D eigenvalue weighted by atomic mass is 16.5. The molecule has 0 saturated heterocycles. The van der Waals surface area contributed by atoms with Crippen LogP contribution in [0.4, 0.5) is 0 Å². The van der Waals surface area contributed by atoms with E-state index in [-0.39, 0.29) is 12.1 Å². The van der Waals surface area contributed by atoms with E-state index in [4.69, 9.17) is 9.47 Å². The maximum absolute atomic E-state index is 11.2. The molecule has 0 aromatic carbocycles. The molecule has 1 aromatic heterocycles. The summed E-state index contributed by atoms with van der Waals surface area (Å²) in [6.07, 6.45) is 8.35. The molecule has 1 aromatic rings. The third-order valence-electron chi connectivity index (χ3n) is 3.43. The number of esters is 1. The summed E-state index contributed by atoms with van der Waals surface area (Å²) in [6, 6.07) is 3.75. The zero-order valence-corrected chi connectivity index (χ0v) is 10.7. The second kappa shape index (κ2) is 6.38. The topological polar surface area (TPSA) is 48.4 Å². The van der Waals surface area contributed by atoms with Gasteiger partial charge in [-0.2, -0.15) is 0 Å². The maximum atomic E-state index is 11.2. The fourth-order valence-electron chi connectivity index (χ4n) is 2.38. The predicted molar refractivity (Wildman–Crippen MR) is 67.2 cm³/mol. The first kappa shape index (κ1) is 12.9. The molecule has 2 rings (SSSR count). The van der Waals surface area contributed by atoms with Crippen molar-refractivity contribution in [2.75, 3.05) is 7.11 Å². The van der Waals surface area contributed by atoms with Gasteiger partial charge in [-0.25, -0.2) is 0 Å². The lowest BCUT2D eigenvalue weighted by Crippen LogP contribution is -2.25. The van der Waals surface area contributed by atoms with Crippen LogP contribution in [0.3, 0.4) is 0 Å². The van der Waals surface area contributed by atoms with Crippen LogP contribution >= 0.6 is 0 Å². The van der Waals surface area contributed by atoms with Crippen molar-refractivity contribution < 1.29 is 14.3 Å². The number of carbonyl (C=O) groups excluding carboxylic acids is 1. The number of methoxy groups -OCH3 is 1. The van der Waals surface area contributed by atoms with Crippen molar-refractivity contribution in [3.63, 3.8) is 0 Å². The van der Waals surface area contributed by atoms with E-state index in [2.05, 4.69) is 4.98 Å². The Morgan fingerprint density at radius 1 is 1.28 bits per heavy atom. The second-order valence-electron chi connectivity index (χ2n) is 4.72. The van der Waals surface area contributed by atoms with Crippen molar-refractivity contribution in [1.82, 2.24) is 4.98 Å². The molecule has 0 spiro atoms. The average Bonchev–Trinajstić information content (AvgIpc) is 2.42. The SMILES string of the molecule is COC(=O)C[C@H]1CC[C@H](Oc2ccncc2)CC1. The summed E-state index contributed by atoms with van der Waals surface area (Å²) in [6.45, 7) is 0. The Hall–Kier alpha value is -1.58. The van der Waals surface area contributed by atoms with Gasteiger partial charge in [0.15, 0.2) is 0 Å². The van der Waals surface area contributed by atoms with Crippen molar-refractivity contribution in [3.05, 3.63) is 24.5 Å². The molecule has 98 valence electrons. The average molecular weight is 249 g/mol. The van der Waals surface area contributed by atoms with E-state index < -0.39 is 0 Å². The summed E-state index contributed by atoms with van der Waals surface area (Å²) >= 11 is 0. The van der Waals surface area contributed by atoms with Crippen LogP contribution in [0.25, 0.3) is 0 Å². The Bertz CT molecular complexity index is 372. The molecule has 0 atom stereocenters. The van der Waals surface area contributed by atoms with Gasteiger partial charge < -0.3 is 9.47 Å². The minimum Gasteiger partial charge on any atom is -0.490 e. The first-order valence-corrected chi connectivity index (χ1v) is 6.41. The van der Waals surface area contributed by atoms with Gasteiger partial charge in [0.1, 0.15) is 5.75 Å². The zero-order valence-electron chi connectivity index (χ0n) is 10.7. The first-order valence-electron chi connectivity index (χ1n) is 6.41. The van der Waals surface area contributed by atoms with Gasteiger partial charge in [0, 0.05) is 18.8 Å². The number of rotatable bonds is 4. The minimum atomic E-state index is -0.103. The summed E-state index contributed by atoms with van der Waals surface area (Å²) < 4.78 is 10.6. The number of carbonyl (C=O) groups is 1. The van der Waals surface area contributed by atoms with Gasteiger partial charge in [-0.3, -0.25) is 9.78 Å². The maximum Gasteiger partial charge on any atom is 0.305 e. The van der Waals surface area contributed by atoms with Gasteiger partial charge in [0.25, 0.3) is 0 Å². The zero-order chi connectivity index (χ0) is 12.8. The lowest BCUT2D eigenvalue weighted by Gasteiger charge is -2.28. The molecule has 1 saturated carbocycles. The predicted octanol–water partition coefficient (Wildman–Crippen LogP) is 2.58. The van der Waals surface area contributed by atoms with E-state index in [0.717, 1.165) is 31.4 Å². The molecule has 1 aliphatic carbocycles. The number of pyridine rings is 1. The van der Waals surface area contributed by atoms with Crippen LogP contribution in [-0.4, -0.2) is 24.2 Å². The minimum absolute atomic E-state index is 0.103. The molecular formula is C14H19NO3. The van der Waals surface area contributed by atoms with Gasteiger partial charge in [0.2, 0.25) is 0 Å². The number of aromatic nitrogens is 1. The van der Waals surface area contributed by atoms with Gasteiger partial charge in [0.05, 0.1) is 13.2 Å². The van der Waals surface area contributed by atoms with Crippen LogP contribution in [0.1, 0.15) is 32.1 Å². The lowest BCUT2D eigenvalue weighted by atomic mass is 9.85. The highest BCUT2D eigenvalue weighted by Gasteiger charge is 2.24. The lowest BCUT2D eigenvalue weighted by molar-refractivity contribution is -0.142. The van der Waals surface area contributed by atoms with Crippen LogP contribution in [0.15, 0.2) is 24.5 Å². The number of hydrogen-bond donors (Lipinski definition) is 0. The van der Waals surface area contributed by atoms with Gasteiger partial charge >= 0.3 is 5.97 Å². The Morgan fingerprint density at radius 2 is 1.94 bits per heavy atom. The summed E-state index contributed by atoms with van der Waals surface area (Å²) in [5, 5.41) is 0. The van der Waals surface area contributed by atoms with Crippen LogP contribution < -0.4 is 4.74 Å². The fourth-order valence-corrected chi connectivity index (χ4v) is 2.38. The Morgan fingerprint density at radius 3 is 2.56 bits per heavy atom. The number of nitrogens with zero attached hydrogens (tertiary/aromatic N) is 1. The van der Waals surface area contributed by atoms with Crippen LogP contribution in [-0.2, 0) is 9.53 Å². The Kier molecular flexibility index (Phi) is 4.56. The molecule has 0 unspecified atom stereocenters. The van der Waals surface area contributed by atoms with Crippen LogP contribution in [0.2, 0.25) is 0 Å². The summed E-state index contributed by atoms with van der Waals surface area (Å²) in [5.41, 5.74) is 0. The van der Waals surface area contributed by atoms with Crippen LogP contribution in [0.5, 0.6) is 5.75 Å². The highest BCUT2D eigenvalue weighted by Crippen LogP contribution is 2.29. The van der Waals surface area contributed by atoms with E-state index in [1.807, 2.05) is 12.1 Å². The fraction of sp³-hybridized carbons (Fsp3) is 0.571. The summed E-state index contributed by atoms with van der Waals surface area (Å²) in [7, 11) is 1.44. The van der Waals surface area contributed by atoms with Crippen molar-refractivity contribution in [3.8, 4) is 5.75 Å². The number of hydrogen-bond acceptors (Lipinski definition) is 4. The normalized spacial score (nSPS) is 23.4. The highest BCUT2D eigenvalue weighted by molar-refractivity contribution is 5.69. The summed E-state index contributed by atoms with van der Waals surface area (Å²) in [5.74, 6) is 1.23. The van der Waals surface area contributed by atoms with Crippen molar-refractivity contribution in [1.29, 1.82) is 0 Å². The van der Waals surface area contributed by atoms with E-state index in [1.54, 1.807) is 12.4 Å². The van der Waals surface area contributed by atoms with Crippen molar-refractivity contribution >= 4 is 5.97 Å². The molecule has 1 aliphatic rings. The number of ether oxygens (including phenoxy) is 2. The molecule has 0 amide bonds. The molecule has 18 heavy (non-hydrogen) atoms. The Balaban J connectivity index is 1.75. The van der Waals surface area contributed by atoms with E-state index >= 15 is 0 Å². The summed E-state index contributed by atoms with van der Waals surface area (Å²) in [4.78, 5) is 15.2. The quantitative estimate of drug-likeness (QED) is 0.769. The molecule has 0 bridgehead atoms. The molecule has 4 nitrogen and oxygen atoms in total. The molecule has 0 radical (unpaired) electrons. The Labute approximate surface area is 107 Å². The van der Waals surface area contributed by atoms with Gasteiger partial charge in [-0.15, -0.1) is 0 Å².